The first-order valence-electron chi connectivity index (χ1n) is 8.16. The molecule has 0 radical (unpaired) electrons. The van der Waals surface area contributed by atoms with Crippen LogP contribution >= 0.6 is 11.8 Å². The molecule has 0 amide bonds. The van der Waals surface area contributed by atoms with E-state index in [1.807, 2.05) is 37.3 Å². The molecule has 0 atom stereocenters. The largest absolute Gasteiger partial charge is 0.481 e. The van der Waals surface area contributed by atoms with Gasteiger partial charge in [0.2, 0.25) is 0 Å². The summed E-state index contributed by atoms with van der Waals surface area (Å²) in [6, 6.07) is 18.2. The van der Waals surface area contributed by atoms with Gasteiger partial charge in [0, 0.05) is 23.4 Å². The smallest absolute Gasteiger partial charge is 0.303 e. The fraction of sp³-hybridized carbons (Fsp3) is 0.200. The zero-order valence-corrected chi connectivity index (χ0v) is 14.8. The number of benzene rings is 2. The van der Waals surface area contributed by atoms with Gasteiger partial charge in [0.1, 0.15) is 0 Å². The van der Waals surface area contributed by atoms with E-state index < -0.39 is 5.97 Å². The summed E-state index contributed by atoms with van der Waals surface area (Å²) in [5.74, 6) is 0.0292. The van der Waals surface area contributed by atoms with Crippen LogP contribution in [0.25, 0.3) is 11.3 Å². The first kappa shape index (κ1) is 17.3. The van der Waals surface area contributed by atoms with Gasteiger partial charge >= 0.3 is 5.97 Å². The highest BCUT2D eigenvalue weighted by molar-refractivity contribution is 7.98. The number of carboxylic acid groups (broad SMARTS) is 1. The van der Waals surface area contributed by atoms with Crippen molar-refractivity contribution in [3.8, 4) is 11.3 Å². The first-order chi connectivity index (χ1) is 12.1. The number of carboxylic acids is 1. The summed E-state index contributed by atoms with van der Waals surface area (Å²) >= 11 is 1.65. The lowest BCUT2D eigenvalue weighted by molar-refractivity contribution is -0.136. The Balaban J connectivity index is 1.66. The van der Waals surface area contributed by atoms with E-state index in [1.54, 1.807) is 11.8 Å². The van der Waals surface area contributed by atoms with Crippen molar-refractivity contribution in [3.63, 3.8) is 0 Å². The molecule has 0 saturated carbocycles. The Kier molecular flexibility index (Phi) is 5.56. The van der Waals surface area contributed by atoms with Crippen LogP contribution in [-0.2, 0) is 17.0 Å². The third-order valence-electron chi connectivity index (χ3n) is 3.90. The predicted octanol–water partition coefficient (Wildman–Crippen LogP) is 4.69. The minimum atomic E-state index is -0.765. The van der Waals surface area contributed by atoms with Crippen LogP contribution in [0.1, 0.15) is 23.2 Å². The summed E-state index contributed by atoms with van der Waals surface area (Å²) in [7, 11) is 0. The third-order valence-corrected chi connectivity index (χ3v) is 4.85. The van der Waals surface area contributed by atoms with Crippen molar-refractivity contribution in [1.29, 1.82) is 0 Å². The predicted molar refractivity (Wildman–Crippen MR) is 101 cm³/mol. The number of rotatable bonds is 7. The maximum Gasteiger partial charge on any atom is 0.303 e. The molecule has 0 aliphatic carbocycles. The molecule has 0 unspecified atom stereocenters. The van der Waals surface area contributed by atoms with Crippen LogP contribution in [0.15, 0.2) is 59.8 Å². The normalized spacial score (nSPS) is 10.8. The highest BCUT2D eigenvalue weighted by atomic mass is 32.2. The molecule has 0 spiro atoms. The second kappa shape index (κ2) is 8.03. The average Bonchev–Trinajstić information content (AvgIpc) is 3.00. The number of H-pyrrole nitrogens is 1. The van der Waals surface area contributed by atoms with Crippen LogP contribution in [0.2, 0.25) is 0 Å². The number of imidazole rings is 1. The highest BCUT2D eigenvalue weighted by Gasteiger charge is 2.09. The Morgan fingerprint density at radius 3 is 2.64 bits per heavy atom. The number of aromatic amines is 1. The number of hydrogen-bond donors (Lipinski definition) is 2. The number of nitrogens with one attached hydrogen (secondary N) is 1. The lowest BCUT2D eigenvalue weighted by atomic mass is 10.1. The molecule has 4 nitrogen and oxygen atoms in total. The quantitative estimate of drug-likeness (QED) is 0.605. The molecule has 1 aromatic heterocycles. The minimum absolute atomic E-state index is 0.161. The molecule has 0 aliphatic rings. The summed E-state index contributed by atoms with van der Waals surface area (Å²) in [5, 5.41) is 9.70. The van der Waals surface area contributed by atoms with Gasteiger partial charge in [0.15, 0.2) is 5.16 Å². The lowest BCUT2D eigenvalue weighted by Crippen LogP contribution is -1.97. The number of aromatic nitrogens is 2. The van der Waals surface area contributed by atoms with Gasteiger partial charge in [0.25, 0.3) is 0 Å². The third kappa shape index (κ3) is 4.73. The second-order valence-electron chi connectivity index (χ2n) is 5.88. The second-order valence-corrected chi connectivity index (χ2v) is 6.85. The van der Waals surface area contributed by atoms with Crippen molar-refractivity contribution in [3.05, 3.63) is 71.4 Å². The van der Waals surface area contributed by atoms with Gasteiger partial charge in [-0.2, -0.15) is 0 Å². The van der Waals surface area contributed by atoms with Gasteiger partial charge in [0.05, 0.1) is 5.69 Å². The van der Waals surface area contributed by atoms with Crippen LogP contribution in [0.4, 0.5) is 0 Å². The number of hydrogen-bond acceptors (Lipinski definition) is 3. The van der Waals surface area contributed by atoms with Crippen molar-refractivity contribution in [2.45, 2.75) is 30.7 Å². The maximum atomic E-state index is 10.7. The van der Waals surface area contributed by atoms with Crippen LogP contribution in [-0.4, -0.2) is 21.0 Å². The summed E-state index contributed by atoms with van der Waals surface area (Å²) in [6.07, 6.45) is 0.722. The van der Waals surface area contributed by atoms with Crippen LogP contribution < -0.4 is 0 Å². The minimum Gasteiger partial charge on any atom is -0.481 e. The molecule has 0 bridgehead atoms. The summed E-state index contributed by atoms with van der Waals surface area (Å²) < 4.78 is 0. The summed E-state index contributed by atoms with van der Waals surface area (Å²) in [6.45, 7) is 2.03. The first-order valence-corrected chi connectivity index (χ1v) is 9.15. The van der Waals surface area contributed by atoms with Crippen molar-refractivity contribution < 1.29 is 9.90 Å². The van der Waals surface area contributed by atoms with Crippen molar-refractivity contribution in [2.75, 3.05) is 0 Å². The molecule has 5 heteroatoms. The zero-order valence-electron chi connectivity index (χ0n) is 14.0. The van der Waals surface area contributed by atoms with Crippen LogP contribution in [0.5, 0.6) is 0 Å². The lowest BCUT2D eigenvalue weighted by Gasteiger charge is -2.03. The molecule has 0 saturated heterocycles. The molecule has 25 heavy (non-hydrogen) atoms. The SMILES string of the molecule is Cc1[nH]c(SCc2cccc(CCC(=O)O)c2)nc1-c1ccccc1. The monoisotopic (exact) mass is 352 g/mol. The van der Waals surface area contributed by atoms with Gasteiger partial charge < -0.3 is 10.1 Å². The molecule has 3 aromatic rings. The average molecular weight is 352 g/mol. The van der Waals surface area contributed by atoms with E-state index in [2.05, 4.69) is 29.2 Å². The Morgan fingerprint density at radius 1 is 1.12 bits per heavy atom. The van der Waals surface area contributed by atoms with Crippen molar-refractivity contribution in [2.24, 2.45) is 0 Å². The van der Waals surface area contributed by atoms with E-state index >= 15 is 0 Å². The molecule has 0 aliphatic heterocycles. The highest BCUT2D eigenvalue weighted by Crippen LogP contribution is 2.27. The molecule has 128 valence electrons. The van der Waals surface area contributed by atoms with E-state index in [4.69, 9.17) is 10.1 Å². The molecule has 2 N–H and O–H groups in total. The standard InChI is InChI=1S/C20H20N2O2S/c1-14-19(17-8-3-2-4-9-17)22-20(21-14)25-13-16-7-5-6-15(12-16)10-11-18(23)24/h2-9,12H,10-11,13H2,1H3,(H,21,22)(H,23,24). The number of carbonyl (C=O) groups is 1. The summed E-state index contributed by atoms with van der Waals surface area (Å²) in [4.78, 5) is 18.8. The van der Waals surface area contributed by atoms with Gasteiger partial charge in [-0.1, -0.05) is 66.4 Å². The Morgan fingerprint density at radius 2 is 1.88 bits per heavy atom. The number of aryl methyl sites for hydroxylation is 2. The van der Waals surface area contributed by atoms with Crippen molar-refractivity contribution in [1.82, 2.24) is 9.97 Å². The van der Waals surface area contributed by atoms with Gasteiger partial charge in [-0.05, 0) is 24.5 Å². The molecule has 0 fully saturated rings. The number of aliphatic carboxylic acids is 1. The van der Waals surface area contributed by atoms with E-state index in [9.17, 15) is 4.79 Å². The summed E-state index contributed by atoms with van der Waals surface area (Å²) in [5.41, 5.74) is 5.38. The molecular formula is C20H20N2O2S. The van der Waals surface area contributed by atoms with E-state index in [1.165, 1.54) is 5.56 Å². The van der Waals surface area contributed by atoms with E-state index in [-0.39, 0.29) is 6.42 Å². The van der Waals surface area contributed by atoms with E-state index in [0.717, 1.165) is 33.4 Å². The zero-order chi connectivity index (χ0) is 17.6. The maximum absolute atomic E-state index is 10.7. The topological polar surface area (TPSA) is 66.0 Å². The Bertz CT molecular complexity index is 859. The number of thioether (sulfide) groups is 1. The molecular weight excluding hydrogens is 332 g/mol. The Labute approximate surface area is 151 Å². The number of nitrogens with zero attached hydrogens (tertiary/aromatic N) is 1. The Hall–Kier alpha value is -2.53. The van der Waals surface area contributed by atoms with Crippen LogP contribution in [0, 0.1) is 6.92 Å². The van der Waals surface area contributed by atoms with Crippen LogP contribution in [0.3, 0.4) is 0 Å². The van der Waals surface area contributed by atoms with E-state index in [0.29, 0.717) is 6.42 Å². The fourth-order valence-electron chi connectivity index (χ4n) is 2.66. The molecule has 3 rings (SSSR count). The van der Waals surface area contributed by atoms with Gasteiger partial charge in [-0.15, -0.1) is 0 Å². The van der Waals surface area contributed by atoms with Gasteiger partial charge in [-0.3, -0.25) is 4.79 Å². The van der Waals surface area contributed by atoms with Crippen molar-refractivity contribution >= 4 is 17.7 Å². The fourth-order valence-corrected chi connectivity index (χ4v) is 3.52. The molecule has 1 heterocycles. The molecule has 2 aromatic carbocycles. The van der Waals surface area contributed by atoms with Gasteiger partial charge in [-0.25, -0.2) is 4.98 Å².